The molecule has 0 saturated heterocycles. The molecule has 1 aromatic heterocycles. The highest BCUT2D eigenvalue weighted by molar-refractivity contribution is 8.00. The number of aryl methyl sites for hydroxylation is 1. The molecule has 14 heavy (non-hydrogen) atoms. The average Bonchev–Trinajstić information content (AvgIpc) is 2.53. The molecule has 1 rings (SSSR count). The first-order valence-electron chi connectivity index (χ1n) is 4.62. The smallest absolute Gasteiger partial charge is 0.230 e. The van der Waals surface area contributed by atoms with E-state index in [1.165, 1.54) is 11.8 Å². The summed E-state index contributed by atoms with van der Waals surface area (Å²) in [5, 5.41) is 0.631. The van der Waals surface area contributed by atoms with E-state index in [-0.39, 0.29) is 11.2 Å². The summed E-state index contributed by atoms with van der Waals surface area (Å²) in [7, 11) is 0. The third kappa shape index (κ3) is 2.77. The van der Waals surface area contributed by atoms with Gasteiger partial charge in [0.1, 0.15) is 0 Å². The van der Waals surface area contributed by atoms with Crippen molar-refractivity contribution < 1.29 is 4.79 Å². The zero-order chi connectivity index (χ0) is 10.6. The van der Waals surface area contributed by atoms with E-state index in [4.69, 9.17) is 5.73 Å². The summed E-state index contributed by atoms with van der Waals surface area (Å²) in [6.07, 6.45) is 4.71. The molecule has 0 spiro atoms. The maximum absolute atomic E-state index is 10.9. The molecule has 1 atom stereocenters. The number of aromatic nitrogens is 2. The van der Waals surface area contributed by atoms with Crippen molar-refractivity contribution in [2.45, 2.75) is 37.2 Å². The van der Waals surface area contributed by atoms with Crippen LogP contribution in [0.5, 0.6) is 0 Å². The van der Waals surface area contributed by atoms with E-state index in [2.05, 4.69) is 11.9 Å². The van der Waals surface area contributed by atoms with E-state index in [1.807, 2.05) is 10.8 Å². The van der Waals surface area contributed by atoms with Crippen LogP contribution in [0.15, 0.2) is 17.6 Å². The van der Waals surface area contributed by atoms with Crippen LogP contribution in [0.25, 0.3) is 0 Å². The number of nitrogens with two attached hydrogens (primary N) is 1. The largest absolute Gasteiger partial charge is 0.369 e. The van der Waals surface area contributed by atoms with Crippen LogP contribution < -0.4 is 5.73 Å². The third-order valence-electron chi connectivity index (χ3n) is 1.82. The molecule has 0 bridgehead atoms. The molecule has 0 fully saturated rings. The van der Waals surface area contributed by atoms with Crippen LogP contribution in [0.4, 0.5) is 0 Å². The molecule has 1 heterocycles. The first kappa shape index (κ1) is 11.1. The number of rotatable bonds is 5. The van der Waals surface area contributed by atoms with Crippen molar-refractivity contribution in [1.29, 1.82) is 0 Å². The number of hydrogen-bond donors (Lipinski definition) is 1. The van der Waals surface area contributed by atoms with Crippen molar-refractivity contribution >= 4 is 17.7 Å². The standard InChI is InChI=1S/C9H15N3OS/c1-3-5-12-6-4-11-9(12)14-7(2)8(10)13/h4,6-7H,3,5H2,1-2H3,(H2,10,13)/t7-/m1/s1. The van der Waals surface area contributed by atoms with Gasteiger partial charge >= 0.3 is 0 Å². The zero-order valence-corrected chi connectivity index (χ0v) is 9.25. The molecule has 5 heteroatoms. The summed E-state index contributed by atoms with van der Waals surface area (Å²) >= 11 is 1.40. The minimum absolute atomic E-state index is 0.229. The van der Waals surface area contributed by atoms with Crippen molar-refractivity contribution in [2.24, 2.45) is 5.73 Å². The number of hydrogen-bond acceptors (Lipinski definition) is 3. The number of carbonyl (C=O) groups is 1. The molecular weight excluding hydrogens is 198 g/mol. The quantitative estimate of drug-likeness (QED) is 0.749. The minimum atomic E-state index is -0.305. The van der Waals surface area contributed by atoms with Gasteiger partial charge in [0.2, 0.25) is 5.91 Å². The van der Waals surface area contributed by atoms with Crippen LogP contribution in [-0.4, -0.2) is 20.7 Å². The van der Waals surface area contributed by atoms with Gasteiger partial charge in [-0.05, 0) is 13.3 Å². The Balaban J connectivity index is 2.66. The van der Waals surface area contributed by atoms with E-state index in [0.717, 1.165) is 18.1 Å². The first-order chi connectivity index (χ1) is 6.65. The van der Waals surface area contributed by atoms with Gasteiger partial charge in [-0.1, -0.05) is 18.7 Å². The molecule has 4 nitrogen and oxygen atoms in total. The van der Waals surface area contributed by atoms with E-state index < -0.39 is 0 Å². The molecule has 1 aromatic rings. The fraction of sp³-hybridized carbons (Fsp3) is 0.556. The first-order valence-corrected chi connectivity index (χ1v) is 5.50. The van der Waals surface area contributed by atoms with Gasteiger partial charge in [-0.25, -0.2) is 4.98 Å². The van der Waals surface area contributed by atoms with Gasteiger partial charge in [0.15, 0.2) is 5.16 Å². The van der Waals surface area contributed by atoms with Crippen LogP contribution in [-0.2, 0) is 11.3 Å². The van der Waals surface area contributed by atoms with Crippen LogP contribution in [0.2, 0.25) is 0 Å². The van der Waals surface area contributed by atoms with Gasteiger partial charge in [0.25, 0.3) is 0 Å². The number of imidazole rings is 1. The monoisotopic (exact) mass is 213 g/mol. The molecule has 0 unspecified atom stereocenters. The summed E-state index contributed by atoms with van der Waals surface area (Å²) < 4.78 is 2.03. The van der Waals surface area contributed by atoms with Gasteiger partial charge in [-0.3, -0.25) is 4.79 Å². The predicted octanol–water partition coefficient (Wildman–Crippen LogP) is 1.26. The maximum atomic E-state index is 10.9. The fourth-order valence-corrected chi connectivity index (χ4v) is 1.88. The van der Waals surface area contributed by atoms with Crippen molar-refractivity contribution in [2.75, 3.05) is 0 Å². The SMILES string of the molecule is CCCn1ccnc1S[C@H](C)C(N)=O. The van der Waals surface area contributed by atoms with Crippen LogP contribution in [0.1, 0.15) is 20.3 Å². The van der Waals surface area contributed by atoms with Crippen molar-refractivity contribution in [3.8, 4) is 0 Å². The maximum Gasteiger partial charge on any atom is 0.230 e. The summed E-state index contributed by atoms with van der Waals surface area (Å²) in [5.41, 5.74) is 5.18. The molecule has 1 amide bonds. The van der Waals surface area contributed by atoms with E-state index in [1.54, 1.807) is 13.1 Å². The number of primary amides is 1. The molecule has 78 valence electrons. The normalized spacial score (nSPS) is 12.7. The lowest BCUT2D eigenvalue weighted by atomic mass is 10.5. The lowest BCUT2D eigenvalue weighted by molar-refractivity contribution is -0.117. The Labute approximate surface area is 87.9 Å². The number of nitrogens with zero attached hydrogens (tertiary/aromatic N) is 2. The Morgan fingerprint density at radius 1 is 1.79 bits per heavy atom. The van der Waals surface area contributed by atoms with Gasteiger partial charge in [-0.2, -0.15) is 0 Å². The summed E-state index contributed by atoms with van der Waals surface area (Å²) in [5.74, 6) is -0.305. The Bertz CT molecular complexity index is 311. The summed E-state index contributed by atoms with van der Waals surface area (Å²) in [4.78, 5) is 15.0. The lowest BCUT2D eigenvalue weighted by Crippen LogP contribution is -2.23. The zero-order valence-electron chi connectivity index (χ0n) is 8.43. The van der Waals surface area contributed by atoms with E-state index in [9.17, 15) is 4.79 Å². The molecule has 2 N–H and O–H groups in total. The molecule has 0 aliphatic carbocycles. The lowest BCUT2D eigenvalue weighted by Gasteiger charge is -2.08. The van der Waals surface area contributed by atoms with Gasteiger partial charge < -0.3 is 10.3 Å². The summed E-state index contributed by atoms with van der Waals surface area (Å²) in [6, 6.07) is 0. The van der Waals surface area contributed by atoms with E-state index >= 15 is 0 Å². The molecule has 0 aliphatic rings. The van der Waals surface area contributed by atoms with Gasteiger partial charge in [0, 0.05) is 18.9 Å². The third-order valence-corrected chi connectivity index (χ3v) is 2.96. The number of thioether (sulfide) groups is 1. The van der Waals surface area contributed by atoms with Crippen molar-refractivity contribution in [3.05, 3.63) is 12.4 Å². The molecular formula is C9H15N3OS. The highest BCUT2D eigenvalue weighted by Crippen LogP contribution is 2.21. The molecule has 0 saturated carbocycles. The second kappa shape index (κ2) is 5.05. The highest BCUT2D eigenvalue weighted by atomic mass is 32.2. The van der Waals surface area contributed by atoms with Crippen LogP contribution >= 0.6 is 11.8 Å². The Morgan fingerprint density at radius 3 is 3.07 bits per heavy atom. The average molecular weight is 213 g/mol. The minimum Gasteiger partial charge on any atom is -0.369 e. The van der Waals surface area contributed by atoms with Gasteiger partial charge in [-0.15, -0.1) is 0 Å². The Kier molecular flexibility index (Phi) is 4.00. The van der Waals surface area contributed by atoms with Crippen LogP contribution in [0.3, 0.4) is 0 Å². The topological polar surface area (TPSA) is 60.9 Å². The van der Waals surface area contributed by atoms with E-state index in [0.29, 0.717) is 0 Å². The second-order valence-electron chi connectivity index (χ2n) is 3.07. The molecule has 0 aliphatic heterocycles. The molecule has 0 aromatic carbocycles. The van der Waals surface area contributed by atoms with Crippen molar-refractivity contribution in [1.82, 2.24) is 9.55 Å². The summed E-state index contributed by atoms with van der Waals surface area (Å²) in [6.45, 7) is 4.82. The highest BCUT2D eigenvalue weighted by Gasteiger charge is 2.13. The number of amides is 1. The van der Waals surface area contributed by atoms with Crippen molar-refractivity contribution in [3.63, 3.8) is 0 Å². The Morgan fingerprint density at radius 2 is 2.50 bits per heavy atom. The predicted molar refractivity (Wildman–Crippen MR) is 57.0 cm³/mol. The Hall–Kier alpha value is -0.970. The fourth-order valence-electron chi connectivity index (χ4n) is 1.04. The van der Waals surface area contributed by atoms with Crippen LogP contribution in [0, 0.1) is 0 Å². The molecule has 0 radical (unpaired) electrons. The number of carbonyl (C=O) groups excluding carboxylic acids is 1. The van der Waals surface area contributed by atoms with Gasteiger partial charge in [0.05, 0.1) is 5.25 Å². The second-order valence-corrected chi connectivity index (χ2v) is 4.37.